The number of H-pyrrole nitrogens is 2. The Bertz CT molecular complexity index is 1440. The number of allylic oxidation sites excluding steroid dienone is 8. The Kier molecular flexibility index (Phi) is 7.69. The third-order valence-electron chi connectivity index (χ3n) is 5.64. The molecule has 3 aromatic heterocycles. The number of hydrogen-bond acceptors (Lipinski definition) is 2. The molecule has 34 heavy (non-hydrogen) atoms. The SMILES string of the molecule is C=C/C=C(\c1cc(-c2n[nH]c(=C/C)/c2=C\C(=C)C(/C=C(/C)C=C)=C/C)[nH]c1C)n1cnc(C)c1. The first-order valence-corrected chi connectivity index (χ1v) is 11.3. The van der Waals surface area contributed by atoms with E-state index in [4.69, 9.17) is 0 Å². The van der Waals surface area contributed by atoms with Gasteiger partial charge in [0.1, 0.15) is 5.69 Å². The Morgan fingerprint density at radius 3 is 2.53 bits per heavy atom. The van der Waals surface area contributed by atoms with Crippen molar-refractivity contribution in [2.75, 3.05) is 0 Å². The second kappa shape index (κ2) is 10.7. The molecule has 0 radical (unpaired) electrons. The topological polar surface area (TPSA) is 62.3 Å². The summed E-state index contributed by atoms with van der Waals surface area (Å²) < 4.78 is 2.01. The standard InChI is InChI=1S/C29H33N5/c1-9-13-28(34-17-21(7)30-18-34)24-16-27(31-22(24)8)29-25(26(12-4)32-33-29)15-20(6)23(11-3)14-19(5)10-2/h9-18,31-32H,1-2,6H2,3-5,7-8H3/b19-14-,23-11+,25-15+,26-12+,28-13+. The van der Waals surface area contributed by atoms with Crippen molar-refractivity contribution in [3.05, 3.63) is 113 Å². The molecule has 0 fully saturated rings. The van der Waals surface area contributed by atoms with Crippen molar-refractivity contribution in [1.29, 1.82) is 0 Å². The molecule has 3 aromatic rings. The minimum absolute atomic E-state index is 0.836. The Hall–Kier alpha value is -4.12. The average Bonchev–Trinajstić information content (AvgIpc) is 3.53. The number of hydrogen-bond donors (Lipinski definition) is 2. The predicted octanol–water partition coefficient (Wildman–Crippen LogP) is 5.51. The fourth-order valence-electron chi connectivity index (χ4n) is 3.79. The predicted molar refractivity (Wildman–Crippen MR) is 144 cm³/mol. The Labute approximate surface area is 201 Å². The van der Waals surface area contributed by atoms with Gasteiger partial charge in [0.25, 0.3) is 0 Å². The van der Waals surface area contributed by atoms with Crippen LogP contribution in [0.25, 0.3) is 29.2 Å². The fourth-order valence-corrected chi connectivity index (χ4v) is 3.79. The minimum atomic E-state index is 0.836. The third-order valence-corrected chi connectivity index (χ3v) is 5.64. The highest BCUT2D eigenvalue weighted by Crippen LogP contribution is 2.26. The van der Waals surface area contributed by atoms with Gasteiger partial charge in [-0.15, -0.1) is 0 Å². The lowest BCUT2D eigenvalue weighted by atomic mass is 10.0. The van der Waals surface area contributed by atoms with E-state index in [1.807, 2.05) is 63.0 Å². The van der Waals surface area contributed by atoms with Crippen LogP contribution in [-0.4, -0.2) is 24.7 Å². The number of aryl methyl sites for hydroxylation is 2. The first-order valence-electron chi connectivity index (χ1n) is 11.3. The van der Waals surface area contributed by atoms with Gasteiger partial charge >= 0.3 is 0 Å². The van der Waals surface area contributed by atoms with Crippen LogP contribution in [0, 0.1) is 13.8 Å². The normalized spacial score (nSPS) is 14.1. The van der Waals surface area contributed by atoms with E-state index in [-0.39, 0.29) is 0 Å². The zero-order chi connectivity index (χ0) is 24.8. The van der Waals surface area contributed by atoms with Crippen LogP contribution in [0.3, 0.4) is 0 Å². The molecule has 5 heteroatoms. The highest BCUT2D eigenvalue weighted by atomic mass is 15.1. The molecule has 2 N–H and O–H groups in total. The summed E-state index contributed by atoms with van der Waals surface area (Å²) in [6.45, 7) is 22.1. The van der Waals surface area contributed by atoms with E-state index in [1.54, 1.807) is 6.08 Å². The molecule has 0 unspecified atom stereocenters. The van der Waals surface area contributed by atoms with Gasteiger partial charge < -0.3 is 9.55 Å². The lowest BCUT2D eigenvalue weighted by Crippen LogP contribution is -2.23. The Morgan fingerprint density at radius 1 is 1.18 bits per heavy atom. The molecule has 0 aliphatic carbocycles. The van der Waals surface area contributed by atoms with Crippen LogP contribution in [0.1, 0.15) is 37.7 Å². The molecule has 0 spiro atoms. The van der Waals surface area contributed by atoms with Gasteiger partial charge in [0, 0.05) is 22.7 Å². The molecule has 0 saturated heterocycles. The summed E-state index contributed by atoms with van der Waals surface area (Å²) in [6, 6.07) is 2.12. The molecule has 3 heterocycles. The van der Waals surface area contributed by atoms with Gasteiger partial charge in [-0.3, -0.25) is 5.10 Å². The van der Waals surface area contributed by atoms with E-state index >= 15 is 0 Å². The second-order valence-electron chi connectivity index (χ2n) is 8.13. The van der Waals surface area contributed by atoms with E-state index in [2.05, 4.69) is 71.1 Å². The monoisotopic (exact) mass is 451 g/mol. The van der Waals surface area contributed by atoms with Crippen LogP contribution in [0.5, 0.6) is 0 Å². The number of aromatic amines is 2. The summed E-state index contributed by atoms with van der Waals surface area (Å²) in [7, 11) is 0. The van der Waals surface area contributed by atoms with E-state index in [0.717, 1.165) is 61.3 Å². The van der Waals surface area contributed by atoms with Gasteiger partial charge in [0.05, 0.1) is 28.8 Å². The van der Waals surface area contributed by atoms with E-state index in [1.165, 1.54) is 0 Å². The van der Waals surface area contributed by atoms with Crippen molar-refractivity contribution in [2.45, 2.75) is 34.6 Å². The van der Waals surface area contributed by atoms with Gasteiger partial charge in [0.15, 0.2) is 0 Å². The smallest absolute Gasteiger partial charge is 0.116 e. The zero-order valence-corrected chi connectivity index (χ0v) is 20.7. The van der Waals surface area contributed by atoms with Gasteiger partial charge in [-0.05, 0) is 64.0 Å². The van der Waals surface area contributed by atoms with Gasteiger partial charge in [-0.2, -0.15) is 5.10 Å². The highest BCUT2D eigenvalue weighted by Gasteiger charge is 2.15. The second-order valence-corrected chi connectivity index (χ2v) is 8.13. The molecule has 0 atom stereocenters. The highest BCUT2D eigenvalue weighted by molar-refractivity contribution is 5.75. The van der Waals surface area contributed by atoms with Crippen LogP contribution in [-0.2, 0) is 0 Å². The number of rotatable bonds is 8. The van der Waals surface area contributed by atoms with E-state index in [0.29, 0.717) is 0 Å². The van der Waals surface area contributed by atoms with Crippen LogP contribution >= 0.6 is 0 Å². The van der Waals surface area contributed by atoms with Crippen LogP contribution < -0.4 is 10.6 Å². The molecule has 0 amide bonds. The number of aromatic nitrogens is 5. The first-order chi connectivity index (χ1) is 16.3. The summed E-state index contributed by atoms with van der Waals surface area (Å²) in [5.41, 5.74) is 8.81. The first kappa shape index (κ1) is 24.5. The molecule has 0 bridgehead atoms. The Balaban J connectivity index is 2.15. The molecule has 5 nitrogen and oxygen atoms in total. The van der Waals surface area contributed by atoms with Gasteiger partial charge in [-0.1, -0.05) is 55.7 Å². The van der Waals surface area contributed by atoms with Crippen molar-refractivity contribution in [3.63, 3.8) is 0 Å². The summed E-state index contributed by atoms with van der Waals surface area (Å²) in [5, 5.41) is 9.72. The molecule has 3 rings (SSSR count). The van der Waals surface area contributed by atoms with Crippen LogP contribution in [0.2, 0.25) is 0 Å². The molecular weight excluding hydrogens is 418 g/mol. The average molecular weight is 452 g/mol. The van der Waals surface area contributed by atoms with Crippen LogP contribution in [0.4, 0.5) is 0 Å². The van der Waals surface area contributed by atoms with Crippen molar-refractivity contribution >= 4 is 17.8 Å². The largest absolute Gasteiger partial charge is 0.357 e. The summed E-state index contributed by atoms with van der Waals surface area (Å²) in [4.78, 5) is 7.89. The summed E-state index contributed by atoms with van der Waals surface area (Å²) >= 11 is 0. The lowest BCUT2D eigenvalue weighted by molar-refractivity contribution is 1.06. The van der Waals surface area contributed by atoms with Crippen molar-refractivity contribution in [2.24, 2.45) is 0 Å². The quantitative estimate of drug-likeness (QED) is 0.444. The van der Waals surface area contributed by atoms with Gasteiger partial charge in [-0.25, -0.2) is 4.98 Å². The molecule has 0 aromatic carbocycles. The van der Waals surface area contributed by atoms with Crippen molar-refractivity contribution in [3.8, 4) is 11.4 Å². The third kappa shape index (κ3) is 5.09. The number of imidazole rings is 1. The maximum Gasteiger partial charge on any atom is 0.116 e. The van der Waals surface area contributed by atoms with Crippen LogP contribution in [0.15, 0.2) is 85.4 Å². The molecule has 0 aliphatic heterocycles. The molecular formula is C29H33N5. The van der Waals surface area contributed by atoms with E-state index in [9.17, 15) is 0 Å². The lowest BCUT2D eigenvalue weighted by Gasteiger charge is -2.07. The summed E-state index contributed by atoms with van der Waals surface area (Å²) in [5.74, 6) is 0. The number of nitrogens with one attached hydrogen (secondary N) is 2. The molecule has 0 aliphatic rings. The summed E-state index contributed by atoms with van der Waals surface area (Å²) in [6.07, 6.45) is 17.7. The maximum atomic E-state index is 4.64. The Morgan fingerprint density at radius 2 is 1.94 bits per heavy atom. The van der Waals surface area contributed by atoms with Crippen molar-refractivity contribution < 1.29 is 0 Å². The van der Waals surface area contributed by atoms with Crippen molar-refractivity contribution in [1.82, 2.24) is 24.7 Å². The molecule has 174 valence electrons. The maximum absolute atomic E-state index is 4.64. The fraction of sp³-hybridized carbons (Fsp3) is 0.172. The zero-order valence-electron chi connectivity index (χ0n) is 20.7. The molecule has 0 saturated carbocycles. The van der Waals surface area contributed by atoms with E-state index < -0.39 is 0 Å². The minimum Gasteiger partial charge on any atom is -0.357 e. The van der Waals surface area contributed by atoms with Gasteiger partial charge in [0.2, 0.25) is 0 Å². The number of nitrogens with zero attached hydrogens (tertiary/aromatic N) is 3.